The number of amides is 1. The first-order valence-electron chi connectivity index (χ1n) is 11.4. The number of ether oxygens (including phenoxy) is 1. The molecule has 5 heterocycles. The van der Waals surface area contributed by atoms with Gasteiger partial charge in [-0.3, -0.25) is 14.2 Å². The van der Waals surface area contributed by atoms with Gasteiger partial charge in [0.15, 0.2) is 17.1 Å². The number of carbonyl (C=O) groups is 1. The highest BCUT2D eigenvalue weighted by molar-refractivity contribution is 5.94. The standard InChI is InChI=1S/C24H23N7O3/c32-23(28-16-6-3-7-16)18-14-27-22-20-21(34-12-10-26-20)17(29-31(18)22)13-15-5-4-11-30(24(15)33)19-8-1-2-9-25-19/h1-2,4-5,8-9,11,14,16,26H,3,6-7,10,12-13H2,(H,28,32). The molecule has 10 heteroatoms. The Labute approximate surface area is 194 Å². The molecule has 1 amide bonds. The summed E-state index contributed by atoms with van der Waals surface area (Å²) in [5.41, 5.74) is 2.47. The van der Waals surface area contributed by atoms with Crippen LogP contribution in [0.25, 0.3) is 11.5 Å². The van der Waals surface area contributed by atoms with E-state index < -0.39 is 0 Å². The van der Waals surface area contributed by atoms with Gasteiger partial charge in [-0.25, -0.2) is 14.5 Å². The summed E-state index contributed by atoms with van der Waals surface area (Å²) in [6.45, 7) is 1.08. The lowest BCUT2D eigenvalue weighted by Gasteiger charge is -2.26. The molecular formula is C24H23N7O3. The van der Waals surface area contributed by atoms with E-state index >= 15 is 0 Å². The molecule has 0 aromatic carbocycles. The number of pyridine rings is 2. The van der Waals surface area contributed by atoms with Crippen molar-refractivity contribution in [2.24, 2.45) is 0 Å². The van der Waals surface area contributed by atoms with Crippen molar-refractivity contribution in [3.05, 3.63) is 76.2 Å². The molecule has 6 rings (SSSR count). The third-order valence-electron chi connectivity index (χ3n) is 6.27. The summed E-state index contributed by atoms with van der Waals surface area (Å²) in [6.07, 6.45) is 8.21. The minimum Gasteiger partial charge on any atom is -0.487 e. The van der Waals surface area contributed by atoms with Crippen LogP contribution in [-0.2, 0) is 6.42 Å². The van der Waals surface area contributed by atoms with Gasteiger partial charge in [0.05, 0.1) is 6.20 Å². The Hall–Kier alpha value is -4.21. The van der Waals surface area contributed by atoms with Crippen LogP contribution in [0.2, 0.25) is 0 Å². The van der Waals surface area contributed by atoms with Gasteiger partial charge in [0.25, 0.3) is 11.5 Å². The molecule has 1 aliphatic carbocycles. The first-order valence-corrected chi connectivity index (χ1v) is 11.4. The topological polar surface area (TPSA) is 115 Å². The van der Waals surface area contributed by atoms with Gasteiger partial charge in [-0.1, -0.05) is 12.1 Å². The van der Waals surface area contributed by atoms with Crippen LogP contribution >= 0.6 is 0 Å². The van der Waals surface area contributed by atoms with E-state index in [9.17, 15) is 9.59 Å². The first-order chi connectivity index (χ1) is 16.7. The zero-order chi connectivity index (χ0) is 23.1. The molecule has 4 aromatic heterocycles. The van der Waals surface area contributed by atoms with E-state index in [1.54, 1.807) is 35.1 Å². The normalized spacial score (nSPS) is 15.2. The second-order valence-electron chi connectivity index (χ2n) is 8.48. The third-order valence-corrected chi connectivity index (χ3v) is 6.27. The largest absolute Gasteiger partial charge is 0.487 e. The minimum absolute atomic E-state index is 0.186. The fourth-order valence-corrected chi connectivity index (χ4v) is 4.29. The zero-order valence-corrected chi connectivity index (χ0v) is 18.4. The van der Waals surface area contributed by atoms with Crippen molar-refractivity contribution in [2.45, 2.75) is 31.7 Å². The minimum atomic E-state index is -0.204. The smallest absolute Gasteiger partial charge is 0.271 e. The van der Waals surface area contributed by atoms with Crippen LogP contribution in [0.4, 0.5) is 5.69 Å². The number of carbonyl (C=O) groups excluding carboxylic acids is 1. The Morgan fingerprint density at radius 2 is 2.12 bits per heavy atom. The summed E-state index contributed by atoms with van der Waals surface area (Å²) < 4.78 is 9.00. The molecular weight excluding hydrogens is 434 g/mol. The van der Waals surface area contributed by atoms with Crippen LogP contribution < -0.4 is 20.9 Å². The summed E-state index contributed by atoms with van der Waals surface area (Å²) in [6, 6.07) is 9.20. The Morgan fingerprint density at radius 3 is 2.91 bits per heavy atom. The maximum atomic E-state index is 13.2. The molecule has 34 heavy (non-hydrogen) atoms. The number of aromatic nitrogens is 5. The lowest BCUT2D eigenvalue weighted by Crippen LogP contribution is -2.40. The molecule has 1 saturated carbocycles. The van der Waals surface area contributed by atoms with Crippen LogP contribution in [0, 0.1) is 0 Å². The number of fused-ring (bicyclic) bond motifs is 3. The Kier molecular flexibility index (Phi) is 4.97. The molecule has 0 bridgehead atoms. The highest BCUT2D eigenvalue weighted by Gasteiger charge is 2.27. The first kappa shape index (κ1) is 20.4. The molecule has 0 spiro atoms. The van der Waals surface area contributed by atoms with E-state index in [4.69, 9.17) is 9.84 Å². The van der Waals surface area contributed by atoms with E-state index in [0.717, 1.165) is 19.3 Å². The average molecular weight is 457 g/mol. The predicted octanol–water partition coefficient (Wildman–Crippen LogP) is 1.95. The van der Waals surface area contributed by atoms with E-state index in [1.165, 1.54) is 10.8 Å². The van der Waals surface area contributed by atoms with E-state index in [0.29, 0.717) is 53.0 Å². The van der Waals surface area contributed by atoms with E-state index in [2.05, 4.69) is 20.6 Å². The van der Waals surface area contributed by atoms with Gasteiger partial charge in [0.1, 0.15) is 23.8 Å². The summed E-state index contributed by atoms with van der Waals surface area (Å²) in [7, 11) is 0. The molecule has 0 radical (unpaired) electrons. The van der Waals surface area contributed by atoms with Crippen LogP contribution in [-0.4, -0.2) is 49.2 Å². The molecule has 10 nitrogen and oxygen atoms in total. The molecule has 2 aliphatic rings. The quantitative estimate of drug-likeness (QED) is 0.471. The van der Waals surface area contributed by atoms with Gasteiger partial charge in [0.2, 0.25) is 0 Å². The third kappa shape index (κ3) is 3.47. The van der Waals surface area contributed by atoms with E-state index in [1.807, 2.05) is 12.1 Å². The number of anilines is 1. The molecule has 1 aliphatic heterocycles. The highest BCUT2D eigenvalue weighted by Crippen LogP contribution is 2.35. The molecule has 172 valence electrons. The molecule has 0 unspecified atom stereocenters. The molecule has 2 N–H and O–H groups in total. The van der Waals surface area contributed by atoms with E-state index in [-0.39, 0.29) is 23.9 Å². The van der Waals surface area contributed by atoms with Crippen molar-refractivity contribution in [1.82, 2.24) is 29.5 Å². The Balaban J connectivity index is 1.43. The predicted molar refractivity (Wildman–Crippen MR) is 125 cm³/mol. The second-order valence-corrected chi connectivity index (χ2v) is 8.48. The maximum absolute atomic E-state index is 13.2. The molecule has 1 fully saturated rings. The van der Waals surface area contributed by atoms with Gasteiger partial charge >= 0.3 is 0 Å². The fourth-order valence-electron chi connectivity index (χ4n) is 4.29. The van der Waals surface area contributed by atoms with Crippen LogP contribution in [0.15, 0.2) is 53.7 Å². The average Bonchev–Trinajstić information content (AvgIpc) is 3.27. The second kappa shape index (κ2) is 8.29. The number of nitrogens with zero attached hydrogens (tertiary/aromatic N) is 5. The van der Waals surface area contributed by atoms with Crippen LogP contribution in [0.5, 0.6) is 5.75 Å². The van der Waals surface area contributed by atoms with Gasteiger partial charge in [-0.05, 0) is 37.5 Å². The number of rotatable bonds is 5. The molecule has 0 atom stereocenters. The molecule has 4 aromatic rings. The van der Waals surface area contributed by atoms with Crippen LogP contribution in [0.3, 0.4) is 0 Å². The molecule has 0 saturated heterocycles. The van der Waals surface area contributed by atoms with Crippen molar-refractivity contribution >= 4 is 17.2 Å². The monoisotopic (exact) mass is 457 g/mol. The van der Waals surface area contributed by atoms with Crippen molar-refractivity contribution in [3.8, 4) is 11.6 Å². The summed E-state index contributed by atoms with van der Waals surface area (Å²) in [5.74, 6) is 0.898. The van der Waals surface area contributed by atoms with Crippen molar-refractivity contribution < 1.29 is 9.53 Å². The summed E-state index contributed by atoms with van der Waals surface area (Å²) in [4.78, 5) is 34.9. The van der Waals surface area contributed by atoms with Gasteiger partial charge in [-0.2, -0.15) is 5.10 Å². The SMILES string of the molecule is O=C(NC1CCC1)c1cnc2c3c(c(Cc4cccn(-c5ccccn5)c4=O)nn12)OCCN3. The summed E-state index contributed by atoms with van der Waals surface area (Å²) >= 11 is 0. The Bertz CT molecular complexity index is 1440. The lowest BCUT2D eigenvalue weighted by atomic mass is 9.93. The van der Waals surface area contributed by atoms with Gasteiger partial charge in [-0.15, -0.1) is 0 Å². The Morgan fingerprint density at radius 1 is 1.21 bits per heavy atom. The lowest BCUT2D eigenvalue weighted by molar-refractivity contribution is 0.0909. The number of imidazole rings is 1. The number of hydrogen-bond acceptors (Lipinski definition) is 7. The van der Waals surface area contributed by atoms with Gasteiger partial charge in [0, 0.05) is 37.0 Å². The maximum Gasteiger partial charge on any atom is 0.271 e. The van der Waals surface area contributed by atoms with Crippen LogP contribution in [0.1, 0.15) is 41.0 Å². The van der Waals surface area contributed by atoms with Crippen molar-refractivity contribution in [2.75, 3.05) is 18.5 Å². The van der Waals surface area contributed by atoms with Gasteiger partial charge < -0.3 is 15.4 Å². The number of hydrogen-bond donors (Lipinski definition) is 2. The zero-order valence-electron chi connectivity index (χ0n) is 18.4. The van der Waals surface area contributed by atoms with Crippen molar-refractivity contribution in [3.63, 3.8) is 0 Å². The fraction of sp³-hybridized carbons (Fsp3) is 0.292. The number of nitrogens with one attached hydrogen (secondary N) is 2. The summed E-state index contributed by atoms with van der Waals surface area (Å²) in [5, 5.41) is 11.1. The highest BCUT2D eigenvalue weighted by atomic mass is 16.5. The van der Waals surface area contributed by atoms with Crippen molar-refractivity contribution in [1.29, 1.82) is 0 Å².